The van der Waals surface area contributed by atoms with E-state index in [-0.39, 0.29) is 32.0 Å². The van der Waals surface area contributed by atoms with Crippen molar-refractivity contribution in [1.82, 2.24) is 15.2 Å². The lowest BCUT2D eigenvalue weighted by Gasteiger charge is -2.14. The Balaban J connectivity index is 1.58. The Morgan fingerprint density at radius 1 is 0.850 bits per heavy atom. The van der Waals surface area contributed by atoms with Gasteiger partial charge in [0.1, 0.15) is 13.2 Å². The second-order valence-electron chi connectivity index (χ2n) is 10.3. The molecule has 1 aromatic carbocycles. The average molecular weight is 550 g/mol. The van der Waals surface area contributed by atoms with Crippen LogP contribution in [0.3, 0.4) is 0 Å². The minimum Gasteiger partial charge on any atom is -0.445 e. The van der Waals surface area contributed by atoms with E-state index in [0.29, 0.717) is 5.56 Å². The van der Waals surface area contributed by atoms with Gasteiger partial charge in [0.05, 0.1) is 11.3 Å². The van der Waals surface area contributed by atoms with Crippen LogP contribution >= 0.6 is 0 Å². The van der Waals surface area contributed by atoms with Crippen LogP contribution in [0.15, 0.2) is 54.9 Å². The minimum atomic E-state index is -0.511. The Morgan fingerprint density at radius 2 is 1.45 bits per heavy atom. The Bertz CT molecular complexity index is 1330. The van der Waals surface area contributed by atoms with E-state index in [2.05, 4.69) is 15.2 Å². The molecule has 10 nitrogen and oxygen atoms in total. The molecule has 3 aromatic rings. The van der Waals surface area contributed by atoms with Crippen LogP contribution in [0.1, 0.15) is 61.3 Å². The fourth-order valence-electron chi connectivity index (χ4n) is 4.69. The van der Waals surface area contributed by atoms with Gasteiger partial charge in [-0.1, -0.05) is 18.2 Å². The number of carbonyl (C=O) groups excluding carboxylic acids is 3. The first-order valence-corrected chi connectivity index (χ1v) is 13.5. The van der Waals surface area contributed by atoms with Crippen molar-refractivity contribution in [3.63, 3.8) is 0 Å². The highest BCUT2D eigenvalue weighted by Crippen LogP contribution is 2.36. The van der Waals surface area contributed by atoms with Gasteiger partial charge in [-0.25, -0.2) is 14.4 Å². The number of hydrogen-bond donors (Lipinski definition) is 2. The number of nitrogens with zero attached hydrogens (tertiary/aromatic N) is 2. The second-order valence-corrected chi connectivity index (χ2v) is 10.3. The summed E-state index contributed by atoms with van der Waals surface area (Å²) in [6.45, 7) is 8.43. The number of fused-ring (bicyclic) bond motifs is 1. The number of rotatable bonds is 10. The number of hydrogen-bond acceptors (Lipinski definition) is 6. The summed E-state index contributed by atoms with van der Waals surface area (Å²) in [6.07, 6.45) is 4.46. The number of esters is 1. The van der Waals surface area contributed by atoms with Gasteiger partial charge < -0.3 is 29.4 Å². The first-order valence-electron chi connectivity index (χ1n) is 13.5. The second kappa shape index (κ2) is 13.1. The van der Waals surface area contributed by atoms with E-state index in [1.54, 1.807) is 28.8 Å². The summed E-state index contributed by atoms with van der Waals surface area (Å²) in [5, 5.41) is 5.49. The average Bonchev–Trinajstić information content (AvgIpc) is 3.50. The molecule has 0 saturated carbocycles. The van der Waals surface area contributed by atoms with Crippen LogP contribution in [0, 0.1) is 0 Å². The third kappa shape index (κ3) is 7.19. The van der Waals surface area contributed by atoms with E-state index in [0.717, 1.165) is 47.5 Å². The van der Waals surface area contributed by atoms with Crippen molar-refractivity contribution >= 4 is 18.2 Å². The summed E-state index contributed by atoms with van der Waals surface area (Å²) in [5.41, 5.74) is 5.06. The van der Waals surface area contributed by atoms with Crippen molar-refractivity contribution < 1.29 is 33.2 Å². The highest BCUT2D eigenvalue weighted by atomic mass is 16.6. The van der Waals surface area contributed by atoms with Crippen LogP contribution in [-0.4, -0.2) is 34.8 Å². The molecule has 0 fully saturated rings. The van der Waals surface area contributed by atoms with Gasteiger partial charge in [0.2, 0.25) is 0 Å². The molecular weight excluding hydrogens is 512 g/mol. The molecule has 2 N–H and O–H groups in total. The molecule has 2 aromatic heterocycles. The van der Waals surface area contributed by atoms with Gasteiger partial charge in [-0.3, -0.25) is 0 Å². The predicted molar refractivity (Wildman–Crippen MR) is 147 cm³/mol. The summed E-state index contributed by atoms with van der Waals surface area (Å²) in [7, 11) is 0. The Labute approximate surface area is 234 Å². The molecule has 2 amide bonds. The lowest BCUT2D eigenvalue weighted by Crippen LogP contribution is -2.35. The van der Waals surface area contributed by atoms with Gasteiger partial charge in [-0.15, -0.1) is 0 Å². The number of carbonyl (C=O) groups is 3. The molecule has 0 bridgehead atoms. The smallest absolute Gasteiger partial charge is 0.407 e. The molecule has 1 aliphatic heterocycles. The molecule has 40 heavy (non-hydrogen) atoms. The zero-order chi connectivity index (χ0) is 28.6. The molecule has 3 heterocycles. The highest BCUT2D eigenvalue weighted by molar-refractivity contribution is 5.89. The lowest BCUT2D eigenvalue weighted by atomic mass is 10.0. The van der Waals surface area contributed by atoms with E-state index in [4.69, 9.17) is 14.2 Å². The summed E-state index contributed by atoms with van der Waals surface area (Å²) < 4.78 is 20.6. The Morgan fingerprint density at radius 3 is 2.05 bits per heavy atom. The SMILES string of the molecule is CC(C)NC(=O)OCc1c(COC(=O)NC(C)C)c(-c2cc[n+](COC(=O)c3ccccc3)cc2)n2c1CCC2. The molecule has 0 spiro atoms. The quantitative estimate of drug-likeness (QED) is 0.219. The van der Waals surface area contributed by atoms with E-state index in [9.17, 15) is 14.4 Å². The van der Waals surface area contributed by atoms with E-state index < -0.39 is 18.2 Å². The van der Waals surface area contributed by atoms with Crippen LogP contribution in [0.4, 0.5) is 9.59 Å². The van der Waals surface area contributed by atoms with Crippen LogP contribution in [0.25, 0.3) is 11.3 Å². The molecule has 0 unspecified atom stereocenters. The van der Waals surface area contributed by atoms with Gasteiger partial charge in [0, 0.05) is 53.1 Å². The van der Waals surface area contributed by atoms with Crippen molar-refractivity contribution in [1.29, 1.82) is 0 Å². The molecule has 4 rings (SSSR count). The van der Waals surface area contributed by atoms with Gasteiger partial charge in [-0.2, -0.15) is 4.57 Å². The minimum absolute atomic E-state index is 0.0297. The summed E-state index contributed by atoms with van der Waals surface area (Å²) >= 11 is 0. The number of ether oxygens (including phenoxy) is 3. The number of alkyl carbamates (subject to hydrolysis) is 2. The molecule has 0 saturated heterocycles. The molecule has 0 atom stereocenters. The fraction of sp³-hybridized carbons (Fsp3) is 0.400. The largest absolute Gasteiger partial charge is 0.445 e. The maximum atomic E-state index is 12.3. The van der Waals surface area contributed by atoms with Crippen LogP contribution in [0.2, 0.25) is 0 Å². The highest BCUT2D eigenvalue weighted by Gasteiger charge is 2.28. The monoisotopic (exact) mass is 549 g/mol. The van der Waals surface area contributed by atoms with Crippen molar-refractivity contribution in [3.05, 3.63) is 77.2 Å². The van der Waals surface area contributed by atoms with E-state index in [1.165, 1.54) is 0 Å². The molecular formula is C30H37N4O6+. The number of nitrogens with one attached hydrogen (secondary N) is 2. The molecule has 0 radical (unpaired) electrons. The zero-order valence-electron chi connectivity index (χ0n) is 23.4. The third-order valence-corrected chi connectivity index (χ3v) is 6.42. The number of aromatic nitrogens is 2. The summed E-state index contributed by atoms with van der Waals surface area (Å²) in [5.74, 6) is -0.396. The number of amides is 2. The van der Waals surface area contributed by atoms with Crippen molar-refractivity contribution in [2.45, 2.75) is 79.1 Å². The number of benzene rings is 1. The molecule has 10 heteroatoms. The van der Waals surface area contributed by atoms with Crippen LogP contribution in [-0.2, 0) is 47.1 Å². The van der Waals surface area contributed by atoms with Gasteiger partial charge in [-0.05, 0) is 52.7 Å². The molecule has 1 aliphatic rings. The van der Waals surface area contributed by atoms with Gasteiger partial charge in [0.15, 0.2) is 12.4 Å². The maximum absolute atomic E-state index is 12.3. The number of pyridine rings is 1. The normalized spacial score (nSPS) is 12.2. The van der Waals surface area contributed by atoms with E-state index >= 15 is 0 Å². The first kappa shape index (κ1) is 28.7. The van der Waals surface area contributed by atoms with Gasteiger partial charge >= 0.3 is 18.2 Å². The van der Waals surface area contributed by atoms with Crippen LogP contribution < -0.4 is 15.2 Å². The van der Waals surface area contributed by atoms with Crippen molar-refractivity contribution in [3.8, 4) is 11.3 Å². The topological polar surface area (TPSA) is 112 Å². The summed E-state index contributed by atoms with van der Waals surface area (Å²) in [4.78, 5) is 36.9. The Kier molecular flexibility index (Phi) is 9.42. The maximum Gasteiger partial charge on any atom is 0.407 e. The van der Waals surface area contributed by atoms with Gasteiger partial charge in [0.25, 0.3) is 6.73 Å². The predicted octanol–water partition coefficient (Wildman–Crippen LogP) is 4.47. The lowest BCUT2D eigenvalue weighted by molar-refractivity contribution is -0.727. The van der Waals surface area contributed by atoms with Crippen molar-refractivity contribution in [2.24, 2.45) is 0 Å². The third-order valence-electron chi connectivity index (χ3n) is 6.42. The molecule has 0 aliphatic carbocycles. The standard InChI is InChI=1S/C30H36N4O6/c1-20(2)31-29(36)38-17-24-25(18-39-30(37)32-21(3)4)27(34-14-8-11-26(24)34)22-12-15-33(16-13-22)19-40-28(35)23-9-6-5-7-10-23/h5-7,9-10,12-13,15-16,20-21H,8,11,14,17-19H2,1-4H3,(H-,31,32,36,37)/p+1. The zero-order valence-corrected chi connectivity index (χ0v) is 23.4. The van der Waals surface area contributed by atoms with Crippen molar-refractivity contribution in [2.75, 3.05) is 0 Å². The van der Waals surface area contributed by atoms with E-state index in [1.807, 2.05) is 58.3 Å². The first-order chi connectivity index (χ1) is 19.2. The van der Waals surface area contributed by atoms with Crippen LogP contribution in [0.5, 0.6) is 0 Å². The summed E-state index contributed by atoms with van der Waals surface area (Å²) in [6, 6.07) is 12.6. The molecule has 212 valence electrons. The Hall–Kier alpha value is -4.34. The fourth-order valence-corrected chi connectivity index (χ4v) is 4.69.